The largest absolute Gasteiger partial charge is 0.354 e. The first-order valence-corrected chi connectivity index (χ1v) is 5.87. The topological polar surface area (TPSA) is 24.9 Å². The number of hydrogen-bond acceptors (Lipinski definition) is 3. The van der Waals surface area contributed by atoms with E-state index in [-0.39, 0.29) is 5.54 Å². The molecule has 1 aromatic heterocycles. The third-order valence-electron chi connectivity index (χ3n) is 1.62. The molecule has 0 unspecified atom stereocenters. The smallest absolute Gasteiger partial charge is 0.183 e. The molecule has 0 radical (unpaired) electrons. The van der Waals surface area contributed by atoms with Crippen molar-refractivity contribution in [2.45, 2.75) is 19.4 Å². The van der Waals surface area contributed by atoms with Crippen molar-refractivity contribution in [2.24, 2.45) is 0 Å². The zero-order valence-electron chi connectivity index (χ0n) is 7.60. The quantitative estimate of drug-likeness (QED) is 0.816. The highest BCUT2D eigenvalue weighted by Crippen LogP contribution is 2.21. The summed E-state index contributed by atoms with van der Waals surface area (Å²) in [6, 6.07) is 0. The van der Waals surface area contributed by atoms with Crippen LogP contribution < -0.4 is 5.32 Å². The number of aryl methyl sites for hydroxylation is 1. The van der Waals surface area contributed by atoms with Gasteiger partial charge in [0.25, 0.3) is 0 Å². The molecule has 13 heavy (non-hydrogen) atoms. The fourth-order valence-corrected chi connectivity index (χ4v) is 2.03. The van der Waals surface area contributed by atoms with Crippen molar-refractivity contribution in [3.8, 4) is 0 Å². The van der Waals surface area contributed by atoms with E-state index in [2.05, 4.69) is 10.3 Å². The fraction of sp³-hybridized carbons (Fsp3) is 0.625. The normalized spacial score (nSPS) is 11.7. The molecule has 1 aromatic rings. The molecule has 1 rings (SSSR count). The molecule has 0 aliphatic rings. The van der Waals surface area contributed by atoms with Crippen LogP contribution in [0.15, 0.2) is 5.38 Å². The van der Waals surface area contributed by atoms with E-state index in [0.29, 0.717) is 11.8 Å². The Balaban J connectivity index is 2.67. The molecule has 0 saturated heterocycles. The number of hydrogen-bond donors (Lipinski definition) is 1. The van der Waals surface area contributed by atoms with Crippen LogP contribution in [0.5, 0.6) is 0 Å². The third-order valence-corrected chi connectivity index (χ3v) is 3.67. The van der Waals surface area contributed by atoms with Gasteiger partial charge in [-0.05, 0) is 13.8 Å². The minimum Gasteiger partial charge on any atom is -0.354 e. The predicted octanol–water partition coefficient (Wildman–Crippen LogP) is 3.10. The van der Waals surface area contributed by atoms with E-state index in [4.69, 9.17) is 23.2 Å². The van der Waals surface area contributed by atoms with Crippen molar-refractivity contribution in [1.29, 1.82) is 0 Å². The molecule has 2 nitrogen and oxygen atoms in total. The Morgan fingerprint density at radius 1 is 1.54 bits per heavy atom. The first kappa shape index (κ1) is 11.1. The van der Waals surface area contributed by atoms with Gasteiger partial charge in [0.1, 0.15) is 0 Å². The second kappa shape index (κ2) is 4.49. The number of nitrogens with zero attached hydrogens (tertiary/aromatic N) is 1. The average Bonchev–Trinajstić information content (AvgIpc) is 2.51. The number of aromatic nitrogens is 1. The summed E-state index contributed by atoms with van der Waals surface area (Å²) in [6.07, 6.45) is 0. The van der Waals surface area contributed by atoms with Gasteiger partial charge in [-0.2, -0.15) is 0 Å². The van der Waals surface area contributed by atoms with Crippen molar-refractivity contribution in [3.63, 3.8) is 0 Å². The van der Waals surface area contributed by atoms with Crippen LogP contribution in [0.4, 0.5) is 5.13 Å². The van der Waals surface area contributed by atoms with Crippen LogP contribution in [0.3, 0.4) is 0 Å². The Bertz CT molecular complexity index is 271. The van der Waals surface area contributed by atoms with Crippen molar-refractivity contribution >= 4 is 39.7 Å². The average molecular weight is 239 g/mol. The van der Waals surface area contributed by atoms with E-state index in [1.807, 2.05) is 19.2 Å². The summed E-state index contributed by atoms with van der Waals surface area (Å²) in [6.45, 7) is 3.93. The number of nitrogens with one attached hydrogen (secondary N) is 1. The fourth-order valence-electron chi connectivity index (χ4n) is 0.772. The third kappa shape index (κ3) is 3.01. The molecule has 0 bridgehead atoms. The summed E-state index contributed by atoms with van der Waals surface area (Å²) in [5.41, 5.74) is 0.743. The molecule has 0 aliphatic carbocycles. The minimum atomic E-state index is -0.270. The molecule has 0 spiro atoms. The zero-order valence-corrected chi connectivity index (χ0v) is 9.93. The number of rotatable bonds is 4. The van der Waals surface area contributed by atoms with Gasteiger partial charge in [-0.15, -0.1) is 34.5 Å². The molecule has 0 fully saturated rings. The van der Waals surface area contributed by atoms with Gasteiger partial charge in [-0.25, -0.2) is 4.98 Å². The molecule has 5 heteroatoms. The maximum atomic E-state index is 5.80. The van der Waals surface area contributed by atoms with Gasteiger partial charge in [-0.1, -0.05) is 0 Å². The Labute approximate surface area is 92.3 Å². The van der Waals surface area contributed by atoms with Crippen molar-refractivity contribution < 1.29 is 0 Å². The second-order valence-electron chi connectivity index (χ2n) is 3.25. The lowest BCUT2D eigenvalue weighted by atomic mass is 10.1. The van der Waals surface area contributed by atoms with Gasteiger partial charge in [-0.3, -0.25) is 0 Å². The Hall–Kier alpha value is 0.01000. The maximum Gasteiger partial charge on any atom is 0.183 e. The first-order chi connectivity index (χ1) is 6.09. The highest BCUT2D eigenvalue weighted by Gasteiger charge is 2.22. The van der Waals surface area contributed by atoms with Crippen molar-refractivity contribution in [2.75, 3.05) is 17.1 Å². The summed E-state index contributed by atoms with van der Waals surface area (Å²) < 4.78 is 0. The van der Waals surface area contributed by atoms with Crippen LogP contribution >= 0.6 is 34.5 Å². The summed E-state index contributed by atoms with van der Waals surface area (Å²) in [4.78, 5) is 4.28. The predicted molar refractivity (Wildman–Crippen MR) is 60.3 cm³/mol. The molecule has 0 amide bonds. The minimum absolute atomic E-state index is 0.270. The van der Waals surface area contributed by atoms with E-state index < -0.39 is 0 Å². The molecule has 0 aliphatic heterocycles. The zero-order chi connectivity index (χ0) is 9.90. The van der Waals surface area contributed by atoms with Crippen molar-refractivity contribution in [3.05, 3.63) is 11.1 Å². The van der Waals surface area contributed by atoms with E-state index in [0.717, 1.165) is 10.8 Å². The number of halogens is 2. The van der Waals surface area contributed by atoms with Gasteiger partial charge in [0.15, 0.2) is 5.13 Å². The monoisotopic (exact) mass is 238 g/mol. The summed E-state index contributed by atoms with van der Waals surface area (Å²) in [5, 5.41) is 6.09. The van der Waals surface area contributed by atoms with Crippen LogP contribution in [-0.2, 0) is 0 Å². The summed E-state index contributed by atoms with van der Waals surface area (Å²) in [5.74, 6) is 0.935. The Kier molecular flexibility index (Phi) is 3.83. The lowest BCUT2D eigenvalue weighted by Crippen LogP contribution is -2.38. The number of thiazole rings is 1. The summed E-state index contributed by atoms with van der Waals surface area (Å²) in [7, 11) is 0. The van der Waals surface area contributed by atoms with Gasteiger partial charge in [0, 0.05) is 17.1 Å². The number of alkyl halides is 2. The SMILES string of the molecule is Cc1csc(NC(C)(CCl)CCl)n1. The van der Waals surface area contributed by atoms with E-state index in [9.17, 15) is 0 Å². The van der Waals surface area contributed by atoms with Gasteiger partial charge < -0.3 is 5.32 Å². The van der Waals surface area contributed by atoms with Crippen LogP contribution in [0.25, 0.3) is 0 Å². The van der Waals surface area contributed by atoms with Crippen LogP contribution in [0.2, 0.25) is 0 Å². The van der Waals surface area contributed by atoms with Gasteiger partial charge in [0.2, 0.25) is 0 Å². The number of anilines is 1. The maximum absolute atomic E-state index is 5.80. The molecular weight excluding hydrogens is 227 g/mol. The van der Waals surface area contributed by atoms with Crippen molar-refractivity contribution in [1.82, 2.24) is 4.98 Å². The molecule has 1 heterocycles. The van der Waals surface area contributed by atoms with Crippen LogP contribution in [-0.4, -0.2) is 22.3 Å². The van der Waals surface area contributed by atoms with Gasteiger partial charge in [0.05, 0.1) is 11.2 Å². The summed E-state index contributed by atoms with van der Waals surface area (Å²) >= 11 is 13.2. The first-order valence-electron chi connectivity index (χ1n) is 3.92. The standard InChI is InChI=1S/C8H12Cl2N2S/c1-6-3-13-7(11-6)12-8(2,4-9)5-10/h3H,4-5H2,1-2H3,(H,11,12). The Morgan fingerprint density at radius 2 is 2.15 bits per heavy atom. The Morgan fingerprint density at radius 3 is 2.54 bits per heavy atom. The second-order valence-corrected chi connectivity index (χ2v) is 4.64. The lowest BCUT2D eigenvalue weighted by molar-refractivity contribution is 0.648. The molecule has 0 atom stereocenters. The van der Waals surface area contributed by atoms with E-state index in [1.54, 1.807) is 11.3 Å². The van der Waals surface area contributed by atoms with Crippen LogP contribution in [0, 0.1) is 6.92 Å². The highest BCUT2D eigenvalue weighted by molar-refractivity contribution is 7.13. The molecule has 0 aromatic carbocycles. The molecule has 74 valence electrons. The highest BCUT2D eigenvalue weighted by atomic mass is 35.5. The van der Waals surface area contributed by atoms with Gasteiger partial charge >= 0.3 is 0 Å². The molecule has 1 N–H and O–H groups in total. The van der Waals surface area contributed by atoms with Crippen LogP contribution in [0.1, 0.15) is 12.6 Å². The van der Waals surface area contributed by atoms with E-state index in [1.165, 1.54) is 0 Å². The molecular formula is C8H12Cl2N2S. The van der Waals surface area contributed by atoms with E-state index >= 15 is 0 Å². The lowest BCUT2D eigenvalue weighted by Gasteiger charge is -2.25. The molecule has 0 saturated carbocycles.